The lowest BCUT2D eigenvalue weighted by molar-refractivity contribution is 0.0636. The van der Waals surface area contributed by atoms with Gasteiger partial charge in [-0.3, -0.25) is 4.79 Å². The Kier molecular flexibility index (Phi) is 7.02. The summed E-state index contributed by atoms with van der Waals surface area (Å²) >= 11 is 0. The minimum Gasteiger partial charge on any atom is -0.354 e. The predicted octanol–water partition coefficient (Wildman–Crippen LogP) is 3.77. The number of aryl methyl sites for hydroxylation is 1. The molecule has 32 heavy (non-hydrogen) atoms. The number of hydrogen-bond donors (Lipinski definition) is 2. The SMILES string of the molecule is Cc1ccc2c(Nc3ccc(S(N)(=O)=O)cc3)c(C(=O)N3CCCCC3C)cnc2n1.Cl. The first-order valence-corrected chi connectivity index (χ1v) is 11.8. The highest BCUT2D eigenvalue weighted by molar-refractivity contribution is 7.89. The van der Waals surface area contributed by atoms with Crippen LogP contribution in [0.4, 0.5) is 11.4 Å². The summed E-state index contributed by atoms with van der Waals surface area (Å²) in [5, 5.41) is 9.20. The van der Waals surface area contributed by atoms with Crippen LogP contribution in [0.5, 0.6) is 0 Å². The first-order valence-electron chi connectivity index (χ1n) is 10.2. The number of nitrogens with one attached hydrogen (secondary N) is 1. The van der Waals surface area contributed by atoms with Crippen LogP contribution in [0.3, 0.4) is 0 Å². The number of nitrogens with two attached hydrogens (primary N) is 1. The summed E-state index contributed by atoms with van der Waals surface area (Å²) < 4.78 is 23.1. The molecular weight excluding hydrogens is 450 g/mol. The van der Waals surface area contributed by atoms with Crippen molar-refractivity contribution in [3.63, 3.8) is 0 Å². The Morgan fingerprint density at radius 2 is 1.88 bits per heavy atom. The fourth-order valence-corrected chi connectivity index (χ4v) is 4.41. The van der Waals surface area contributed by atoms with Gasteiger partial charge in [0.2, 0.25) is 10.0 Å². The summed E-state index contributed by atoms with van der Waals surface area (Å²) in [5.41, 5.74) is 3.05. The molecule has 1 aromatic carbocycles. The number of aromatic nitrogens is 2. The molecule has 3 heterocycles. The maximum absolute atomic E-state index is 13.4. The maximum Gasteiger partial charge on any atom is 0.257 e. The molecule has 1 saturated heterocycles. The van der Waals surface area contributed by atoms with Gasteiger partial charge in [0.25, 0.3) is 5.91 Å². The number of sulfonamides is 1. The Morgan fingerprint density at radius 3 is 2.53 bits per heavy atom. The third kappa shape index (κ3) is 4.85. The molecule has 1 unspecified atom stereocenters. The van der Waals surface area contributed by atoms with Crippen LogP contribution < -0.4 is 10.5 Å². The molecule has 1 atom stereocenters. The van der Waals surface area contributed by atoms with Gasteiger partial charge in [0.05, 0.1) is 16.1 Å². The number of carbonyl (C=O) groups is 1. The van der Waals surface area contributed by atoms with Crippen LogP contribution in [0.15, 0.2) is 47.5 Å². The number of halogens is 1. The van der Waals surface area contributed by atoms with Gasteiger partial charge >= 0.3 is 0 Å². The number of rotatable bonds is 4. The molecule has 4 rings (SSSR count). The summed E-state index contributed by atoms with van der Waals surface area (Å²) in [6.45, 7) is 4.66. The summed E-state index contributed by atoms with van der Waals surface area (Å²) in [6.07, 6.45) is 4.64. The maximum atomic E-state index is 13.4. The number of hydrogen-bond acceptors (Lipinski definition) is 6. The van der Waals surface area contributed by atoms with Crippen molar-refractivity contribution < 1.29 is 13.2 Å². The third-order valence-corrected chi connectivity index (χ3v) is 6.54. The average molecular weight is 476 g/mol. The van der Waals surface area contributed by atoms with E-state index in [0.29, 0.717) is 29.1 Å². The van der Waals surface area contributed by atoms with E-state index in [0.717, 1.165) is 30.3 Å². The molecule has 1 amide bonds. The predicted molar refractivity (Wildman–Crippen MR) is 127 cm³/mol. The van der Waals surface area contributed by atoms with Crippen LogP contribution in [0.25, 0.3) is 11.0 Å². The smallest absolute Gasteiger partial charge is 0.257 e. The third-order valence-electron chi connectivity index (χ3n) is 5.62. The Balaban J connectivity index is 0.00000289. The van der Waals surface area contributed by atoms with E-state index in [1.54, 1.807) is 18.3 Å². The molecule has 0 radical (unpaired) electrons. The first kappa shape index (κ1) is 23.9. The van der Waals surface area contributed by atoms with Gasteiger partial charge in [-0.05, 0) is 69.5 Å². The van der Waals surface area contributed by atoms with E-state index in [-0.39, 0.29) is 29.3 Å². The zero-order valence-electron chi connectivity index (χ0n) is 17.9. The molecule has 1 fully saturated rings. The fraction of sp³-hybridized carbons (Fsp3) is 0.318. The summed E-state index contributed by atoms with van der Waals surface area (Å²) in [5.74, 6) is -0.0779. The average Bonchev–Trinajstić information content (AvgIpc) is 2.73. The lowest BCUT2D eigenvalue weighted by Crippen LogP contribution is -2.42. The Morgan fingerprint density at radius 1 is 1.16 bits per heavy atom. The van der Waals surface area contributed by atoms with Crippen molar-refractivity contribution >= 4 is 50.7 Å². The van der Waals surface area contributed by atoms with Crippen molar-refractivity contribution in [1.82, 2.24) is 14.9 Å². The van der Waals surface area contributed by atoms with E-state index in [9.17, 15) is 13.2 Å². The molecule has 8 nitrogen and oxygen atoms in total. The Bertz CT molecular complexity index is 1250. The molecule has 170 valence electrons. The molecule has 3 N–H and O–H groups in total. The van der Waals surface area contributed by atoms with Crippen LogP contribution in [0.2, 0.25) is 0 Å². The molecular formula is C22H26ClN5O3S. The minimum absolute atomic E-state index is 0. The van der Waals surface area contributed by atoms with Gasteiger partial charge in [-0.1, -0.05) is 0 Å². The quantitative estimate of drug-likeness (QED) is 0.593. The standard InChI is InChI=1S/C22H25N5O3S.ClH/c1-14-6-11-18-20(26-16-7-9-17(10-8-16)31(23,29)30)19(13-24-21(18)25-14)22(28)27-12-4-3-5-15(27)2;/h6-11,13,15H,3-5,12H2,1-2H3,(H2,23,29,30)(H,24,25,26);1H. The highest BCUT2D eigenvalue weighted by Crippen LogP contribution is 2.31. The van der Waals surface area contributed by atoms with Gasteiger partial charge in [0, 0.05) is 35.6 Å². The zero-order valence-corrected chi connectivity index (χ0v) is 19.5. The van der Waals surface area contributed by atoms with Crippen LogP contribution in [0, 0.1) is 6.92 Å². The number of piperidine rings is 1. The van der Waals surface area contributed by atoms with Gasteiger partial charge in [-0.15, -0.1) is 12.4 Å². The van der Waals surface area contributed by atoms with Crippen LogP contribution in [-0.2, 0) is 10.0 Å². The number of likely N-dealkylation sites (tertiary alicyclic amines) is 1. The molecule has 2 aromatic heterocycles. The molecule has 0 aliphatic carbocycles. The number of benzene rings is 1. The second-order valence-corrected chi connectivity index (χ2v) is 9.47. The summed E-state index contributed by atoms with van der Waals surface area (Å²) in [4.78, 5) is 24.3. The number of amides is 1. The number of carbonyl (C=O) groups excluding carboxylic acids is 1. The fourth-order valence-electron chi connectivity index (χ4n) is 3.90. The molecule has 0 bridgehead atoms. The van der Waals surface area contributed by atoms with E-state index in [2.05, 4.69) is 22.2 Å². The van der Waals surface area contributed by atoms with E-state index >= 15 is 0 Å². The summed E-state index contributed by atoms with van der Waals surface area (Å²) in [7, 11) is -3.78. The molecule has 0 spiro atoms. The second-order valence-electron chi connectivity index (χ2n) is 7.91. The zero-order chi connectivity index (χ0) is 22.2. The lowest BCUT2D eigenvalue weighted by atomic mass is 10.0. The first-order chi connectivity index (χ1) is 14.7. The minimum atomic E-state index is -3.78. The van der Waals surface area contributed by atoms with E-state index in [4.69, 9.17) is 5.14 Å². The number of fused-ring (bicyclic) bond motifs is 1. The Labute approximate surface area is 193 Å². The van der Waals surface area contributed by atoms with E-state index < -0.39 is 10.0 Å². The molecule has 1 aliphatic heterocycles. The van der Waals surface area contributed by atoms with Gasteiger partial charge in [0.1, 0.15) is 0 Å². The number of pyridine rings is 2. The van der Waals surface area contributed by atoms with Crippen LogP contribution in [-0.4, -0.2) is 41.8 Å². The van der Waals surface area contributed by atoms with Crippen molar-refractivity contribution in [3.8, 4) is 0 Å². The largest absolute Gasteiger partial charge is 0.354 e. The molecule has 3 aromatic rings. The molecule has 0 saturated carbocycles. The van der Waals surface area contributed by atoms with Crippen molar-refractivity contribution in [2.24, 2.45) is 5.14 Å². The topological polar surface area (TPSA) is 118 Å². The second kappa shape index (κ2) is 9.40. The van der Waals surface area contributed by atoms with Gasteiger partial charge in [0.15, 0.2) is 5.65 Å². The van der Waals surface area contributed by atoms with Crippen molar-refractivity contribution in [3.05, 3.63) is 53.9 Å². The van der Waals surface area contributed by atoms with Gasteiger partial charge in [-0.25, -0.2) is 23.5 Å². The van der Waals surface area contributed by atoms with Crippen LogP contribution in [0.1, 0.15) is 42.2 Å². The van der Waals surface area contributed by atoms with Gasteiger partial charge in [-0.2, -0.15) is 0 Å². The van der Waals surface area contributed by atoms with E-state index in [1.165, 1.54) is 12.1 Å². The van der Waals surface area contributed by atoms with Crippen LogP contribution >= 0.6 is 12.4 Å². The highest BCUT2D eigenvalue weighted by Gasteiger charge is 2.27. The lowest BCUT2D eigenvalue weighted by Gasteiger charge is -2.34. The molecule has 10 heteroatoms. The number of primary sulfonamides is 1. The number of anilines is 2. The number of nitrogens with zero attached hydrogens (tertiary/aromatic N) is 3. The van der Waals surface area contributed by atoms with Gasteiger partial charge < -0.3 is 10.2 Å². The van der Waals surface area contributed by atoms with Crippen molar-refractivity contribution in [2.45, 2.75) is 44.0 Å². The molecule has 1 aliphatic rings. The monoisotopic (exact) mass is 475 g/mol. The Hall–Kier alpha value is -2.75. The summed E-state index contributed by atoms with van der Waals surface area (Å²) in [6, 6.07) is 10.0. The highest BCUT2D eigenvalue weighted by atomic mass is 35.5. The van der Waals surface area contributed by atoms with Crippen molar-refractivity contribution in [2.75, 3.05) is 11.9 Å². The normalized spacial score (nSPS) is 16.5. The van der Waals surface area contributed by atoms with Crippen molar-refractivity contribution in [1.29, 1.82) is 0 Å². The van der Waals surface area contributed by atoms with E-state index in [1.807, 2.05) is 24.0 Å².